The first-order valence-electron chi connectivity index (χ1n) is 10.0. The number of nitrogens with zero attached hydrogens (tertiary/aromatic N) is 3. The van der Waals surface area contributed by atoms with Gasteiger partial charge in [0.15, 0.2) is 0 Å². The Hall–Kier alpha value is -3.02. The van der Waals surface area contributed by atoms with Crippen LogP contribution in [0.4, 0.5) is 0 Å². The third kappa shape index (κ3) is 5.99. The van der Waals surface area contributed by atoms with Crippen LogP contribution in [0.3, 0.4) is 0 Å². The van der Waals surface area contributed by atoms with Crippen molar-refractivity contribution in [2.45, 2.75) is 33.2 Å². The highest BCUT2D eigenvalue weighted by atomic mass is 32.1. The van der Waals surface area contributed by atoms with E-state index in [1.54, 1.807) is 11.3 Å². The van der Waals surface area contributed by atoms with Gasteiger partial charge in [-0.3, -0.25) is 9.88 Å². The molecule has 4 aromatic rings. The van der Waals surface area contributed by atoms with Crippen LogP contribution >= 0.6 is 11.3 Å². The fraction of sp³-hybridized carbons (Fsp3) is 0.200. The molecule has 0 unspecified atom stereocenters. The molecule has 2 aromatic carbocycles. The Morgan fingerprint density at radius 2 is 1.50 bits per heavy atom. The number of benzene rings is 2. The van der Waals surface area contributed by atoms with Crippen molar-refractivity contribution in [3.63, 3.8) is 0 Å². The minimum atomic E-state index is 0.581. The maximum absolute atomic E-state index is 5.92. The average molecular weight is 416 g/mol. The van der Waals surface area contributed by atoms with Gasteiger partial charge in [-0.2, -0.15) is 0 Å². The topological polar surface area (TPSA) is 38.2 Å². The smallest absolute Gasteiger partial charge is 0.119 e. The second-order valence-electron chi connectivity index (χ2n) is 7.30. The zero-order chi connectivity index (χ0) is 20.6. The van der Waals surface area contributed by atoms with Gasteiger partial charge in [0, 0.05) is 36.6 Å². The summed E-state index contributed by atoms with van der Waals surface area (Å²) in [6.45, 7) is 5.15. The SMILES string of the molecule is Cc1csc(CN(Cc2ccncc2)Cc2ccc(OCc3ccccc3)cc2)n1. The molecule has 0 fully saturated rings. The lowest BCUT2D eigenvalue weighted by molar-refractivity contribution is 0.247. The maximum Gasteiger partial charge on any atom is 0.119 e. The number of rotatable bonds is 9. The molecule has 0 bridgehead atoms. The van der Waals surface area contributed by atoms with Gasteiger partial charge in [-0.1, -0.05) is 42.5 Å². The van der Waals surface area contributed by atoms with Gasteiger partial charge in [-0.25, -0.2) is 4.98 Å². The molecule has 152 valence electrons. The number of hydrogen-bond donors (Lipinski definition) is 0. The summed E-state index contributed by atoms with van der Waals surface area (Å²) in [5, 5.41) is 3.25. The van der Waals surface area contributed by atoms with Crippen molar-refractivity contribution in [3.8, 4) is 5.75 Å². The first-order chi connectivity index (χ1) is 14.7. The lowest BCUT2D eigenvalue weighted by Gasteiger charge is -2.21. The van der Waals surface area contributed by atoms with Crippen LogP contribution in [0.2, 0.25) is 0 Å². The van der Waals surface area contributed by atoms with Crippen molar-refractivity contribution in [1.29, 1.82) is 0 Å². The van der Waals surface area contributed by atoms with Gasteiger partial charge >= 0.3 is 0 Å². The summed E-state index contributed by atoms with van der Waals surface area (Å²) >= 11 is 1.72. The summed E-state index contributed by atoms with van der Waals surface area (Å²) in [5.74, 6) is 0.888. The molecule has 0 amide bonds. The van der Waals surface area contributed by atoms with E-state index in [9.17, 15) is 0 Å². The molecule has 5 heteroatoms. The highest BCUT2D eigenvalue weighted by Crippen LogP contribution is 2.19. The van der Waals surface area contributed by atoms with E-state index in [1.165, 1.54) is 16.7 Å². The van der Waals surface area contributed by atoms with E-state index in [0.717, 1.165) is 36.1 Å². The average Bonchev–Trinajstić information content (AvgIpc) is 3.19. The fourth-order valence-corrected chi connectivity index (χ4v) is 4.08. The predicted molar refractivity (Wildman–Crippen MR) is 121 cm³/mol. The van der Waals surface area contributed by atoms with Crippen LogP contribution < -0.4 is 4.74 Å². The Morgan fingerprint density at radius 3 is 2.17 bits per heavy atom. The Balaban J connectivity index is 1.41. The largest absolute Gasteiger partial charge is 0.489 e. The van der Waals surface area contributed by atoms with Gasteiger partial charge in [0.1, 0.15) is 17.4 Å². The normalized spacial score (nSPS) is 11.0. The van der Waals surface area contributed by atoms with Crippen LogP contribution in [0.25, 0.3) is 0 Å². The van der Waals surface area contributed by atoms with Crippen molar-refractivity contribution in [3.05, 3.63) is 112 Å². The number of hydrogen-bond acceptors (Lipinski definition) is 5. The first-order valence-corrected chi connectivity index (χ1v) is 10.9. The number of aryl methyl sites for hydroxylation is 1. The zero-order valence-corrected chi connectivity index (χ0v) is 17.9. The molecule has 0 N–H and O–H groups in total. The molecule has 0 atom stereocenters. The number of pyridine rings is 1. The van der Waals surface area contributed by atoms with E-state index in [1.807, 2.05) is 37.5 Å². The second kappa shape index (κ2) is 10.1. The molecule has 2 aromatic heterocycles. The molecular weight excluding hydrogens is 390 g/mol. The van der Waals surface area contributed by atoms with Gasteiger partial charge in [0.25, 0.3) is 0 Å². The molecule has 0 saturated heterocycles. The highest BCUT2D eigenvalue weighted by molar-refractivity contribution is 7.09. The van der Waals surface area contributed by atoms with Crippen LogP contribution in [-0.4, -0.2) is 14.9 Å². The lowest BCUT2D eigenvalue weighted by atomic mass is 10.2. The number of ether oxygens (including phenoxy) is 1. The van der Waals surface area contributed by atoms with Crippen LogP contribution in [0.5, 0.6) is 5.75 Å². The Kier molecular flexibility index (Phi) is 6.85. The monoisotopic (exact) mass is 415 g/mol. The van der Waals surface area contributed by atoms with E-state index in [2.05, 4.69) is 68.8 Å². The Bertz CT molecular complexity index is 1030. The molecule has 4 nitrogen and oxygen atoms in total. The summed E-state index contributed by atoms with van der Waals surface area (Å²) in [6, 6.07) is 22.8. The second-order valence-corrected chi connectivity index (χ2v) is 8.24. The van der Waals surface area contributed by atoms with Crippen LogP contribution in [0.15, 0.2) is 84.5 Å². The summed E-state index contributed by atoms with van der Waals surface area (Å²) in [6.07, 6.45) is 3.69. The van der Waals surface area contributed by atoms with Crippen molar-refractivity contribution in [2.75, 3.05) is 0 Å². The molecule has 0 aliphatic carbocycles. The molecular formula is C25H25N3OS. The van der Waals surface area contributed by atoms with Crippen molar-refractivity contribution < 1.29 is 4.74 Å². The highest BCUT2D eigenvalue weighted by Gasteiger charge is 2.11. The van der Waals surface area contributed by atoms with E-state index >= 15 is 0 Å². The van der Waals surface area contributed by atoms with Gasteiger partial charge in [0.2, 0.25) is 0 Å². The third-order valence-corrected chi connectivity index (χ3v) is 5.71. The zero-order valence-electron chi connectivity index (χ0n) is 17.1. The van der Waals surface area contributed by atoms with E-state index in [0.29, 0.717) is 6.61 Å². The number of aromatic nitrogens is 2. The van der Waals surface area contributed by atoms with Gasteiger partial charge in [-0.15, -0.1) is 11.3 Å². The maximum atomic E-state index is 5.92. The molecule has 2 heterocycles. The standard InChI is InChI=1S/C25H25N3OS/c1-20-19-30-25(27-20)17-28(16-22-11-13-26-14-12-22)15-21-7-9-24(10-8-21)29-18-23-5-3-2-4-6-23/h2-14,19H,15-18H2,1H3. The minimum absolute atomic E-state index is 0.581. The van der Waals surface area contributed by atoms with Gasteiger partial charge in [-0.05, 0) is 47.9 Å². The summed E-state index contributed by atoms with van der Waals surface area (Å²) in [4.78, 5) is 11.2. The molecule has 0 spiro atoms. The lowest BCUT2D eigenvalue weighted by Crippen LogP contribution is -2.22. The third-order valence-electron chi connectivity index (χ3n) is 4.76. The van der Waals surface area contributed by atoms with E-state index < -0.39 is 0 Å². The molecule has 30 heavy (non-hydrogen) atoms. The van der Waals surface area contributed by atoms with Crippen molar-refractivity contribution >= 4 is 11.3 Å². The first kappa shape index (κ1) is 20.3. The molecule has 0 radical (unpaired) electrons. The van der Waals surface area contributed by atoms with E-state index in [4.69, 9.17) is 4.74 Å². The summed E-state index contributed by atoms with van der Waals surface area (Å²) in [7, 11) is 0. The fourth-order valence-electron chi connectivity index (χ4n) is 3.27. The molecule has 0 aliphatic heterocycles. The molecule has 4 rings (SSSR count). The summed E-state index contributed by atoms with van der Waals surface area (Å²) in [5.41, 5.74) is 4.76. The molecule has 0 aliphatic rings. The van der Waals surface area contributed by atoms with Crippen molar-refractivity contribution in [2.24, 2.45) is 0 Å². The van der Waals surface area contributed by atoms with Gasteiger partial charge < -0.3 is 4.74 Å². The Morgan fingerprint density at radius 1 is 0.800 bits per heavy atom. The van der Waals surface area contributed by atoms with Crippen LogP contribution in [-0.2, 0) is 26.2 Å². The van der Waals surface area contributed by atoms with Crippen molar-refractivity contribution in [1.82, 2.24) is 14.9 Å². The van der Waals surface area contributed by atoms with Gasteiger partial charge in [0.05, 0.1) is 6.54 Å². The van der Waals surface area contributed by atoms with Crippen LogP contribution in [0, 0.1) is 6.92 Å². The molecule has 0 saturated carbocycles. The quantitative estimate of drug-likeness (QED) is 0.355. The number of thiazole rings is 1. The summed E-state index contributed by atoms with van der Waals surface area (Å²) < 4.78 is 5.92. The minimum Gasteiger partial charge on any atom is -0.489 e. The van der Waals surface area contributed by atoms with E-state index in [-0.39, 0.29) is 0 Å². The predicted octanol–water partition coefficient (Wildman–Crippen LogP) is 5.63. The Labute approximate surface area is 181 Å². The van der Waals surface area contributed by atoms with Crippen LogP contribution in [0.1, 0.15) is 27.4 Å².